The topological polar surface area (TPSA) is 49.3 Å². The maximum Gasteiger partial charge on any atom is 0.221 e. The van der Waals surface area contributed by atoms with Crippen LogP contribution in [0.2, 0.25) is 0 Å². The Kier molecular flexibility index (Phi) is 6.95. The number of hydrogen-bond acceptors (Lipinski definition) is 3. The van der Waals surface area contributed by atoms with Crippen LogP contribution < -0.4 is 5.32 Å². The summed E-state index contributed by atoms with van der Waals surface area (Å²) in [7, 11) is 0. The Hall–Kier alpha value is -1.00. The molecule has 3 unspecified atom stereocenters. The zero-order chi connectivity index (χ0) is 14.3. The van der Waals surface area contributed by atoms with Crippen LogP contribution in [0.5, 0.6) is 0 Å². The van der Waals surface area contributed by atoms with Gasteiger partial charge in [0, 0.05) is 17.7 Å². The molecule has 0 aromatic heterocycles. The average molecular weight is 281 g/mol. The highest BCUT2D eigenvalue weighted by Crippen LogP contribution is 2.18. The highest BCUT2D eigenvalue weighted by molar-refractivity contribution is 7.99. The highest BCUT2D eigenvalue weighted by atomic mass is 32.2. The summed E-state index contributed by atoms with van der Waals surface area (Å²) < 4.78 is 0. The summed E-state index contributed by atoms with van der Waals surface area (Å²) in [6.07, 6.45) is 2.52. The number of amides is 1. The van der Waals surface area contributed by atoms with Gasteiger partial charge in [0.15, 0.2) is 0 Å². The van der Waals surface area contributed by atoms with E-state index in [-0.39, 0.29) is 11.9 Å². The molecule has 2 N–H and O–H groups in total. The van der Waals surface area contributed by atoms with Gasteiger partial charge in [0.1, 0.15) is 0 Å². The predicted molar refractivity (Wildman–Crippen MR) is 81.2 cm³/mol. The van der Waals surface area contributed by atoms with Crippen molar-refractivity contribution < 1.29 is 9.90 Å². The van der Waals surface area contributed by atoms with E-state index in [9.17, 15) is 9.90 Å². The first-order valence-electron chi connectivity index (χ1n) is 6.58. The van der Waals surface area contributed by atoms with Crippen molar-refractivity contribution >= 4 is 17.7 Å². The molecule has 0 saturated heterocycles. The molecule has 0 aliphatic heterocycles. The number of thioether (sulfide) groups is 1. The number of benzene rings is 1. The van der Waals surface area contributed by atoms with Crippen LogP contribution in [-0.4, -0.2) is 28.6 Å². The molecule has 0 spiro atoms. The van der Waals surface area contributed by atoms with Crippen LogP contribution in [0.1, 0.15) is 38.4 Å². The summed E-state index contributed by atoms with van der Waals surface area (Å²) in [5.41, 5.74) is 0.890. The number of nitrogens with one attached hydrogen (secondary N) is 1. The summed E-state index contributed by atoms with van der Waals surface area (Å²) in [6, 6.07) is 9.50. The third-order valence-electron chi connectivity index (χ3n) is 3.04. The lowest BCUT2D eigenvalue weighted by atomic mass is 10.0. The fourth-order valence-corrected chi connectivity index (χ4v) is 2.20. The molecule has 0 heterocycles. The lowest BCUT2D eigenvalue weighted by molar-refractivity contribution is -0.121. The summed E-state index contributed by atoms with van der Waals surface area (Å²) in [5, 5.41) is 13.3. The maximum absolute atomic E-state index is 11.7. The van der Waals surface area contributed by atoms with Crippen LogP contribution >= 0.6 is 11.8 Å². The van der Waals surface area contributed by atoms with Crippen molar-refractivity contribution in [1.29, 1.82) is 0 Å². The van der Waals surface area contributed by atoms with Crippen LogP contribution in [0, 0.1) is 0 Å². The third kappa shape index (κ3) is 6.12. The largest absolute Gasteiger partial charge is 0.388 e. The summed E-state index contributed by atoms with van der Waals surface area (Å²) in [6.45, 7) is 3.96. The molecule has 3 nitrogen and oxygen atoms in total. The number of rotatable bonds is 7. The maximum atomic E-state index is 11.7. The molecule has 3 atom stereocenters. The Morgan fingerprint density at radius 3 is 2.53 bits per heavy atom. The van der Waals surface area contributed by atoms with Crippen molar-refractivity contribution in [2.24, 2.45) is 0 Å². The minimum absolute atomic E-state index is 0.0308. The van der Waals surface area contributed by atoms with Crippen molar-refractivity contribution in [3.8, 4) is 0 Å². The van der Waals surface area contributed by atoms with Crippen molar-refractivity contribution in [3.05, 3.63) is 35.9 Å². The standard InChI is InChI=1S/C15H23NO2S/c1-11(16-15(18)10-12(2)19-3)9-14(17)13-7-5-4-6-8-13/h4-8,11-12,14,17H,9-10H2,1-3H3,(H,16,18). The Bertz CT molecular complexity index is 383. The van der Waals surface area contributed by atoms with E-state index in [0.29, 0.717) is 18.1 Å². The lowest BCUT2D eigenvalue weighted by Gasteiger charge is -2.19. The van der Waals surface area contributed by atoms with Gasteiger partial charge in [-0.2, -0.15) is 11.8 Å². The second-order valence-electron chi connectivity index (χ2n) is 4.88. The zero-order valence-corrected chi connectivity index (χ0v) is 12.6. The van der Waals surface area contributed by atoms with E-state index in [2.05, 4.69) is 5.32 Å². The first-order valence-corrected chi connectivity index (χ1v) is 7.87. The lowest BCUT2D eigenvalue weighted by Crippen LogP contribution is -2.34. The van der Waals surface area contributed by atoms with Crippen LogP contribution in [0.15, 0.2) is 30.3 Å². The molecule has 19 heavy (non-hydrogen) atoms. The molecule has 0 aliphatic rings. The van der Waals surface area contributed by atoms with Gasteiger partial charge >= 0.3 is 0 Å². The number of aliphatic hydroxyl groups excluding tert-OH is 1. The number of carbonyl (C=O) groups is 1. The quantitative estimate of drug-likeness (QED) is 0.808. The van der Waals surface area contributed by atoms with Crippen molar-refractivity contribution in [2.45, 2.75) is 44.1 Å². The summed E-state index contributed by atoms with van der Waals surface area (Å²) in [4.78, 5) is 11.7. The van der Waals surface area contributed by atoms with E-state index in [1.165, 1.54) is 0 Å². The average Bonchev–Trinajstić information content (AvgIpc) is 2.39. The second kappa shape index (κ2) is 8.23. The summed E-state index contributed by atoms with van der Waals surface area (Å²) in [5.74, 6) is 0.0506. The number of hydrogen-bond donors (Lipinski definition) is 2. The van der Waals surface area contributed by atoms with E-state index in [1.807, 2.05) is 50.4 Å². The smallest absolute Gasteiger partial charge is 0.221 e. The minimum Gasteiger partial charge on any atom is -0.388 e. The minimum atomic E-state index is -0.533. The molecule has 4 heteroatoms. The van der Waals surface area contributed by atoms with Crippen LogP contribution in [0.25, 0.3) is 0 Å². The van der Waals surface area contributed by atoms with Gasteiger partial charge < -0.3 is 10.4 Å². The fraction of sp³-hybridized carbons (Fsp3) is 0.533. The molecule has 1 amide bonds. The third-order valence-corrected chi connectivity index (χ3v) is 4.02. The van der Waals surface area contributed by atoms with E-state index < -0.39 is 6.10 Å². The molecule has 0 saturated carbocycles. The molecule has 1 aromatic carbocycles. The molecule has 0 radical (unpaired) electrons. The molecule has 106 valence electrons. The van der Waals surface area contributed by atoms with Gasteiger partial charge in [-0.05, 0) is 25.2 Å². The fourth-order valence-electron chi connectivity index (χ4n) is 1.88. The van der Waals surface area contributed by atoms with Crippen molar-refractivity contribution in [1.82, 2.24) is 5.32 Å². The van der Waals surface area contributed by atoms with Gasteiger partial charge in [0.25, 0.3) is 0 Å². The van der Waals surface area contributed by atoms with Crippen LogP contribution in [-0.2, 0) is 4.79 Å². The van der Waals surface area contributed by atoms with Gasteiger partial charge in [0.2, 0.25) is 5.91 Å². The Labute approximate surface area is 119 Å². The SMILES string of the molecule is CSC(C)CC(=O)NC(C)CC(O)c1ccccc1. The molecule has 1 rings (SSSR count). The van der Waals surface area contributed by atoms with E-state index in [0.717, 1.165) is 5.56 Å². The molecular weight excluding hydrogens is 258 g/mol. The monoisotopic (exact) mass is 281 g/mol. The van der Waals surface area contributed by atoms with Crippen molar-refractivity contribution in [2.75, 3.05) is 6.26 Å². The molecular formula is C15H23NO2S. The van der Waals surface area contributed by atoms with Gasteiger partial charge in [-0.1, -0.05) is 37.3 Å². The number of aliphatic hydroxyl groups is 1. The normalized spacial score (nSPS) is 15.6. The first-order chi connectivity index (χ1) is 9.02. The predicted octanol–water partition coefficient (Wildman–Crippen LogP) is 2.76. The number of carbonyl (C=O) groups excluding carboxylic acids is 1. The van der Waals surface area contributed by atoms with E-state index in [4.69, 9.17) is 0 Å². The molecule has 0 aliphatic carbocycles. The van der Waals surface area contributed by atoms with Gasteiger partial charge in [-0.3, -0.25) is 4.79 Å². The van der Waals surface area contributed by atoms with Gasteiger partial charge in [0.05, 0.1) is 6.10 Å². The van der Waals surface area contributed by atoms with Crippen LogP contribution in [0.3, 0.4) is 0 Å². The summed E-state index contributed by atoms with van der Waals surface area (Å²) >= 11 is 1.68. The second-order valence-corrected chi connectivity index (χ2v) is 6.16. The van der Waals surface area contributed by atoms with Crippen molar-refractivity contribution in [3.63, 3.8) is 0 Å². The van der Waals surface area contributed by atoms with E-state index in [1.54, 1.807) is 11.8 Å². The van der Waals surface area contributed by atoms with E-state index >= 15 is 0 Å². The Morgan fingerprint density at radius 1 is 1.32 bits per heavy atom. The van der Waals surface area contributed by atoms with Gasteiger partial charge in [-0.15, -0.1) is 0 Å². The zero-order valence-electron chi connectivity index (χ0n) is 11.8. The molecule has 0 bridgehead atoms. The molecule has 1 aromatic rings. The van der Waals surface area contributed by atoms with Gasteiger partial charge in [-0.25, -0.2) is 0 Å². The Morgan fingerprint density at radius 2 is 1.95 bits per heavy atom. The molecule has 0 fully saturated rings. The van der Waals surface area contributed by atoms with Crippen LogP contribution in [0.4, 0.5) is 0 Å². The first kappa shape index (κ1) is 16.1. The highest BCUT2D eigenvalue weighted by Gasteiger charge is 2.15. The Balaban J connectivity index is 2.38.